The lowest BCUT2D eigenvalue weighted by molar-refractivity contribution is -0.135. The zero-order chi connectivity index (χ0) is 17.0. The maximum Gasteiger partial charge on any atom is 0.223 e. The molecule has 22 heavy (non-hydrogen) atoms. The van der Waals surface area contributed by atoms with E-state index in [9.17, 15) is 19.8 Å². The van der Waals surface area contributed by atoms with Crippen molar-refractivity contribution in [2.45, 2.75) is 77.4 Å². The maximum absolute atomic E-state index is 12.2. The van der Waals surface area contributed by atoms with Gasteiger partial charge in [-0.25, -0.2) is 0 Å². The normalized spacial score (nSPS) is 13.6. The van der Waals surface area contributed by atoms with Crippen molar-refractivity contribution in [2.75, 3.05) is 13.1 Å². The molecule has 0 radical (unpaired) electrons. The summed E-state index contributed by atoms with van der Waals surface area (Å²) in [5, 5.41) is 20.0. The molecule has 0 aliphatic carbocycles. The predicted octanol–water partition coefficient (Wildman–Crippen LogP) is 1.18. The summed E-state index contributed by atoms with van der Waals surface area (Å²) in [5.41, 5.74) is 5.07. The van der Waals surface area contributed by atoms with E-state index >= 15 is 0 Å². The van der Waals surface area contributed by atoms with Crippen molar-refractivity contribution in [1.29, 1.82) is 0 Å². The van der Waals surface area contributed by atoms with Gasteiger partial charge >= 0.3 is 0 Å². The first-order chi connectivity index (χ1) is 10.4. The number of primary amides is 1. The summed E-state index contributed by atoms with van der Waals surface area (Å²) in [7, 11) is 0. The second kappa shape index (κ2) is 12.4. The van der Waals surface area contributed by atoms with Crippen molar-refractivity contribution in [1.82, 2.24) is 4.90 Å². The summed E-state index contributed by atoms with van der Waals surface area (Å²) in [6, 6.07) is 0. The highest BCUT2D eigenvalue weighted by atomic mass is 16.3. The number of carbonyl (C=O) groups is 2. The van der Waals surface area contributed by atoms with E-state index in [1.807, 2.05) is 13.8 Å². The number of aliphatic hydroxyl groups excluding tert-OH is 2. The largest absolute Gasteiger partial charge is 0.391 e. The van der Waals surface area contributed by atoms with Crippen LogP contribution in [0.3, 0.4) is 0 Å². The zero-order valence-electron chi connectivity index (χ0n) is 14.0. The average Bonchev–Trinajstić information content (AvgIpc) is 2.47. The van der Waals surface area contributed by atoms with Crippen LogP contribution < -0.4 is 5.73 Å². The van der Waals surface area contributed by atoms with Crippen LogP contribution in [0.5, 0.6) is 0 Å². The third kappa shape index (κ3) is 10.6. The second-order valence-electron chi connectivity index (χ2n) is 5.86. The highest BCUT2D eigenvalue weighted by molar-refractivity contribution is 5.82. The Hall–Kier alpha value is -1.14. The van der Waals surface area contributed by atoms with Gasteiger partial charge in [0, 0.05) is 25.9 Å². The predicted molar refractivity (Wildman–Crippen MR) is 86.1 cm³/mol. The number of nitrogens with two attached hydrogens (primary N) is 1. The summed E-state index contributed by atoms with van der Waals surface area (Å²) in [6.45, 7) is 4.47. The SMILES string of the molecule is CCCCC(O)CN(CC(O)CCCC)C(=O)CCC(N)=O. The number of nitrogens with zero attached hydrogens (tertiary/aromatic N) is 1. The molecular weight excluding hydrogens is 284 g/mol. The zero-order valence-corrected chi connectivity index (χ0v) is 14.0. The molecule has 0 aliphatic heterocycles. The molecule has 4 N–H and O–H groups in total. The Morgan fingerprint density at radius 1 is 0.955 bits per heavy atom. The molecule has 0 heterocycles. The minimum atomic E-state index is -0.601. The first-order valence-electron chi connectivity index (χ1n) is 8.32. The fourth-order valence-corrected chi connectivity index (χ4v) is 2.24. The Balaban J connectivity index is 4.52. The standard InChI is InChI=1S/C16H32N2O4/c1-3-5-7-13(19)11-18(12-14(20)8-6-4-2)16(22)10-9-15(17)21/h13-14,19-20H,3-12H2,1-2H3,(H2,17,21). The van der Waals surface area contributed by atoms with Crippen LogP contribution in [0.15, 0.2) is 0 Å². The average molecular weight is 316 g/mol. The smallest absolute Gasteiger partial charge is 0.223 e. The van der Waals surface area contributed by atoms with Crippen LogP contribution in [0.1, 0.15) is 65.2 Å². The molecule has 0 rings (SSSR count). The minimum absolute atomic E-state index is 0.00849. The number of amides is 2. The van der Waals surface area contributed by atoms with Gasteiger partial charge in [0.1, 0.15) is 0 Å². The Morgan fingerprint density at radius 3 is 1.77 bits per heavy atom. The summed E-state index contributed by atoms with van der Waals surface area (Å²) >= 11 is 0. The van der Waals surface area contributed by atoms with Crippen LogP contribution in [-0.4, -0.2) is 52.2 Å². The van der Waals surface area contributed by atoms with E-state index in [1.165, 1.54) is 4.90 Å². The van der Waals surface area contributed by atoms with E-state index in [4.69, 9.17) is 5.73 Å². The van der Waals surface area contributed by atoms with E-state index in [0.29, 0.717) is 12.8 Å². The molecule has 0 aromatic carbocycles. The molecule has 0 aromatic heterocycles. The van der Waals surface area contributed by atoms with Crippen LogP contribution in [0.2, 0.25) is 0 Å². The topological polar surface area (TPSA) is 104 Å². The van der Waals surface area contributed by atoms with Gasteiger partial charge in [0.2, 0.25) is 11.8 Å². The molecule has 2 atom stereocenters. The molecule has 0 bridgehead atoms. The van der Waals surface area contributed by atoms with Crippen molar-refractivity contribution in [3.05, 3.63) is 0 Å². The summed E-state index contributed by atoms with van der Waals surface area (Å²) in [6.07, 6.45) is 3.81. The van der Waals surface area contributed by atoms with Crippen LogP contribution in [0.4, 0.5) is 0 Å². The van der Waals surface area contributed by atoms with E-state index in [-0.39, 0.29) is 31.8 Å². The first-order valence-corrected chi connectivity index (χ1v) is 8.32. The monoisotopic (exact) mass is 316 g/mol. The molecule has 0 saturated heterocycles. The Morgan fingerprint density at radius 2 is 1.41 bits per heavy atom. The molecule has 0 fully saturated rings. The quantitative estimate of drug-likeness (QED) is 0.474. The fourth-order valence-electron chi connectivity index (χ4n) is 2.24. The highest BCUT2D eigenvalue weighted by Crippen LogP contribution is 2.09. The minimum Gasteiger partial charge on any atom is -0.391 e. The van der Waals surface area contributed by atoms with E-state index in [0.717, 1.165) is 25.7 Å². The lowest BCUT2D eigenvalue weighted by atomic mass is 10.1. The lowest BCUT2D eigenvalue weighted by Crippen LogP contribution is -2.42. The molecular formula is C16H32N2O4. The van der Waals surface area contributed by atoms with Crippen LogP contribution >= 0.6 is 0 Å². The van der Waals surface area contributed by atoms with Crippen molar-refractivity contribution < 1.29 is 19.8 Å². The van der Waals surface area contributed by atoms with Gasteiger partial charge in [-0.2, -0.15) is 0 Å². The maximum atomic E-state index is 12.2. The molecule has 6 heteroatoms. The van der Waals surface area contributed by atoms with Crippen molar-refractivity contribution in [2.24, 2.45) is 5.73 Å². The molecule has 2 amide bonds. The summed E-state index contributed by atoms with van der Waals surface area (Å²) < 4.78 is 0. The van der Waals surface area contributed by atoms with Gasteiger partial charge in [0.25, 0.3) is 0 Å². The van der Waals surface area contributed by atoms with E-state index < -0.39 is 18.1 Å². The molecule has 6 nitrogen and oxygen atoms in total. The Kier molecular flexibility index (Phi) is 11.8. The van der Waals surface area contributed by atoms with Gasteiger partial charge in [-0.1, -0.05) is 39.5 Å². The number of hydrogen-bond acceptors (Lipinski definition) is 4. The molecule has 2 unspecified atom stereocenters. The highest BCUT2D eigenvalue weighted by Gasteiger charge is 2.20. The summed E-state index contributed by atoms with van der Waals surface area (Å²) in [4.78, 5) is 24.4. The number of unbranched alkanes of at least 4 members (excludes halogenated alkanes) is 2. The van der Waals surface area contributed by atoms with Crippen LogP contribution in [-0.2, 0) is 9.59 Å². The summed E-state index contributed by atoms with van der Waals surface area (Å²) in [5.74, 6) is -0.767. The Labute approximate surface area is 133 Å². The second-order valence-corrected chi connectivity index (χ2v) is 5.86. The van der Waals surface area contributed by atoms with Gasteiger partial charge in [-0.15, -0.1) is 0 Å². The fraction of sp³-hybridized carbons (Fsp3) is 0.875. The number of rotatable bonds is 13. The van der Waals surface area contributed by atoms with Crippen molar-refractivity contribution >= 4 is 11.8 Å². The molecule has 0 saturated carbocycles. The first kappa shape index (κ1) is 20.9. The van der Waals surface area contributed by atoms with Crippen molar-refractivity contribution in [3.8, 4) is 0 Å². The lowest BCUT2D eigenvalue weighted by Gasteiger charge is -2.27. The number of aliphatic hydroxyl groups is 2. The van der Waals surface area contributed by atoms with Gasteiger partial charge < -0.3 is 20.8 Å². The molecule has 0 aliphatic rings. The third-order valence-electron chi connectivity index (χ3n) is 3.58. The number of hydrogen-bond donors (Lipinski definition) is 3. The molecule has 0 spiro atoms. The number of carbonyl (C=O) groups excluding carboxylic acids is 2. The van der Waals surface area contributed by atoms with Gasteiger partial charge in [-0.3, -0.25) is 9.59 Å². The molecule has 130 valence electrons. The van der Waals surface area contributed by atoms with Gasteiger partial charge in [0.15, 0.2) is 0 Å². The van der Waals surface area contributed by atoms with Gasteiger partial charge in [-0.05, 0) is 12.8 Å². The third-order valence-corrected chi connectivity index (χ3v) is 3.58. The van der Waals surface area contributed by atoms with E-state index in [2.05, 4.69) is 0 Å². The van der Waals surface area contributed by atoms with Crippen LogP contribution in [0.25, 0.3) is 0 Å². The van der Waals surface area contributed by atoms with Crippen molar-refractivity contribution in [3.63, 3.8) is 0 Å². The van der Waals surface area contributed by atoms with Gasteiger partial charge in [0.05, 0.1) is 12.2 Å². The van der Waals surface area contributed by atoms with E-state index in [1.54, 1.807) is 0 Å². The van der Waals surface area contributed by atoms with Crippen LogP contribution in [0, 0.1) is 0 Å². The molecule has 0 aromatic rings. The Bertz CT molecular complexity index is 307.